The largest absolute Gasteiger partial charge is 0.370 e. The average Bonchev–Trinajstić information content (AvgIpc) is 3.30. The monoisotopic (exact) mass is 430 g/mol. The van der Waals surface area contributed by atoms with Gasteiger partial charge in [-0.3, -0.25) is 14.9 Å². The maximum Gasteiger partial charge on any atom is 0.270 e. The number of amides is 1. The molecule has 0 spiro atoms. The van der Waals surface area contributed by atoms with Crippen LogP contribution >= 0.6 is 0 Å². The number of carbonyl (C=O) groups excluding carboxylic acids is 1. The Morgan fingerprint density at radius 2 is 1.75 bits per heavy atom. The van der Waals surface area contributed by atoms with E-state index in [-0.39, 0.29) is 11.6 Å². The van der Waals surface area contributed by atoms with Gasteiger partial charge in [-0.15, -0.1) is 0 Å². The molecule has 1 amide bonds. The quantitative estimate of drug-likeness (QED) is 0.455. The molecule has 0 radical (unpaired) electrons. The van der Waals surface area contributed by atoms with Crippen molar-refractivity contribution >= 4 is 23.0 Å². The molecule has 1 unspecified atom stereocenters. The number of likely N-dealkylation sites (N-methyl/N-ethyl adjacent to an activating group) is 1. The van der Waals surface area contributed by atoms with Crippen LogP contribution in [-0.2, 0) is 0 Å². The summed E-state index contributed by atoms with van der Waals surface area (Å²) in [5, 5.41) is 13.9. The molecule has 0 aliphatic carbocycles. The molecular formula is C25H26N4O3. The predicted octanol–water partition coefficient (Wildman–Crippen LogP) is 4.65. The molecule has 1 heterocycles. The van der Waals surface area contributed by atoms with Crippen molar-refractivity contribution in [2.75, 3.05) is 37.4 Å². The summed E-state index contributed by atoms with van der Waals surface area (Å²) in [5.74, 6) is -0.197. The zero-order valence-corrected chi connectivity index (χ0v) is 18.2. The highest BCUT2D eigenvalue weighted by Crippen LogP contribution is 2.26. The summed E-state index contributed by atoms with van der Waals surface area (Å²) in [6, 6.07) is 22.0. The Bertz CT molecular complexity index is 1110. The van der Waals surface area contributed by atoms with E-state index < -0.39 is 4.92 Å². The van der Waals surface area contributed by atoms with E-state index in [0.29, 0.717) is 11.6 Å². The topological polar surface area (TPSA) is 78.7 Å². The normalized spacial score (nSPS) is 15.7. The van der Waals surface area contributed by atoms with Gasteiger partial charge in [-0.1, -0.05) is 24.3 Å². The third-order valence-corrected chi connectivity index (χ3v) is 5.92. The molecule has 7 nitrogen and oxygen atoms in total. The lowest BCUT2D eigenvalue weighted by molar-refractivity contribution is -0.384. The minimum absolute atomic E-state index is 0.0407. The van der Waals surface area contributed by atoms with Crippen molar-refractivity contribution in [3.8, 4) is 11.1 Å². The molecule has 1 fully saturated rings. The first-order chi connectivity index (χ1) is 15.4. The smallest absolute Gasteiger partial charge is 0.270 e. The molecular weight excluding hydrogens is 404 g/mol. The number of non-ortho nitro benzene ring substituents is 1. The third-order valence-electron chi connectivity index (χ3n) is 5.92. The van der Waals surface area contributed by atoms with Gasteiger partial charge in [0.2, 0.25) is 0 Å². The van der Waals surface area contributed by atoms with Gasteiger partial charge in [0.15, 0.2) is 0 Å². The Labute approximate surface area is 187 Å². The molecule has 4 rings (SSSR count). The van der Waals surface area contributed by atoms with Crippen LogP contribution in [0.1, 0.15) is 16.8 Å². The van der Waals surface area contributed by atoms with E-state index in [1.807, 2.05) is 30.3 Å². The lowest BCUT2D eigenvalue weighted by Crippen LogP contribution is -2.31. The Hall–Kier alpha value is -3.71. The van der Waals surface area contributed by atoms with E-state index in [2.05, 4.69) is 29.2 Å². The van der Waals surface area contributed by atoms with Gasteiger partial charge in [0.1, 0.15) is 0 Å². The minimum atomic E-state index is -0.416. The second-order valence-corrected chi connectivity index (χ2v) is 8.24. The number of rotatable bonds is 6. The summed E-state index contributed by atoms with van der Waals surface area (Å²) < 4.78 is 0. The zero-order chi connectivity index (χ0) is 22.7. The number of nitrogens with zero attached hydrogens (tertiary/aromatic N) is 3. The average molecular weight is 431 g/mol. The lowest BCUT2D eigenvalue weighted by atomic mass is 10.0. The van der Waals surface area contributed by atoms with Crippen LogP contribution in [0.2, 0.25) is 0 Å². The number of nitro benzene ring substituents is 1. The first-order valence-electron chi connectivity index (χ1n) is 10.6. The Morgan fingerprint density at radius 1 is 1.03 bits per heavy atom. The molecule has 0 aromatic heterocycles. The Kier molecular flexibility index (Phi) is 6.18. The molecule has 1 aliphatic rings. The van der Waals surface area contributed by atoms with E-state index in [1.165, 1.54) is 12.1 Å². The highest BCUT2D eigenvalue weighted by molar-refractivity contribution is 6.04. The third kappa shape index (κ3) is 4.78. The minimum Gasteiger partial charge on any atom is -0.370 e. The fourth-order valence-electron chi connectivity index (χ4n) is 3.97. The van der Waals surface area contributed by atoms with Crippen LogP contribution in [0.3, 0.4) is 0 Å². The van der Waals surface area contributed by atoms with Gasteiger partial charge in [-0.2, -0.15) is 0 Å². The zero-order valence-electron chi connectivity index (χ0n) is 18.2. The maximum absolute atomic E-state index is 12.6. The number of nitrogens with one attached hydrogen (secondary N) is 1. The second-order valence-electron chi connectivity index (χ2n) is 8.24. The van der Waals surface area contributed by atoms with Crippen molar-refractivity contribution in [1.29, 1.82) is 0 Å². The highest BCUT2D eigenvalue weighted by atomic mass is 16.6. The van der Waals surface area contributed by atoms with Crippen LogP contribution in [0.5, 0.6) is 0 Å². The van der Waals surface area contributed by atoms with E-state index in [4.69, 9.17) is 0 Å². The van der Waals surface area contributed by atoms with Crippen molar-refractivity contribution in [2.24, 2.45) is 0 Å². The molecule has 1 N–H and O–H groups in total. The van der Waals surface area contributed by atoms with E-state index in [0.717, 1.165) is 42.0 Å². The van der Waals surface area contributed by atoms with Gasteiger partial charge in [0.25, 0.3) is 11.6 Å². The number of hydrogen-bond donors (Lipinski definition) is 1. The van der Waals surface area contributed by atoms with E-state index in [1.54, 1.807) is 30.3 Å². The van der Waals surface area contributed by atoms with Gasteiger partial charge in [-0.05, 0) is 68.0 Å². The van der Waals surface area contributed by atoms with Gasteiger partial charge in [-0.25, -0.2) is 0 Å². The summed E-state index contributed by atoms with van der Waals surface area (Å²) in [6.45, 7) is 2.04. The lowest BCUT2D eigenvalue weighted by Gasteiger charge is -2.22. The standard InChI is InChI=1S/C25H26N4O3/c1-27(2)24-14-15-28(17-24)22-12-10-21(11-13-22)26-25(30)19-8-6-18(7-9-19)20-4-3-5-23(16-20)29(31)32/h3-13,16,24H,14-15,17H2,1-2H3,(H,26,30). The molecule has 0 bridgehead atoms. The molecule has 32 heavy (non-hydrogen) atoms. The number of benzene rings is 3. The SMILES string of the molecule is CN(C)C1CCN(c2ccc(NC(=O)c3ccc(-c4cccc([N+](=O)[O-])c4)cc3)cc2)C1. The van der Waals surface area contributed by atoms with Crippen LogP contribution < -0.4 is 10.2 Å². The number of nitro groups is 1. The predicted molar refractivity (Wildman–Crippen MR) is 127 cm³/mol. The highest BCUT2D eigenvalue weighted by Gasteiger charge is 2.24. The van der Waals surface area contributed by atoms with Crippen molar-refractivity contribution in [3.05, 3.63) is 88.5 Å². The maximum atomic E-state index is 12.6. The van der Waals surface area contributed by atoms with Crippen molar-refractivity contribution in [2.45, 2.75) is 12.5 Å². The fraction of sp³-hybridized carbons (Fsp3) is 0.240. The number of anilines is 2. The molecule has 1 saturated heterocycles. The van der Waals surface area contributed by atoms with Crippen molar-refractivity contribution in [3.63, 3.8) is 0 Å². The van der Waals surface area contributed by atoms with Gasteiger partial charge < -0.3 is 15.1 Å². The molecule has 7 heteroatoms. The first kappa shape index (κ1) is 21.5. The van der Waals surface area contributed by atoms with Crippen LogP contribution in [0.25, 0.3) is 11.1 Å². The van der Waals surface area contributed by atoms with Crippen LogP contribution in [0.4, 0.5) is 17.1 Å². The van der Waals surface area contributed by atoms with Crippen LogP contribution in [-0.4, -0.2) is 49.0 Å². The molecule has 0 saturated carbocycles. The number of carbonyl (C=O) groups is 1. The first-order valence-corrected chi connectivity index (χ1v) is 10.6. The van der Waals surface area contributed by atoms with E-state index >= 15 is 0 Å². The second kappa shape index (κ2) is 9.20. The van der Waals surface area contributed by atoms with Gasteiger partial charge >= 0.3 is 0 Å². The summed E-state index contributed by atoms with van der Waals surface area (Å²) in [4.78, 5) is 27.8. The Morgan fingerprint density at radius 3 is 2.38 bits per heavy atom. The summed E-state index contributed by atoms with van der Waals surface area (Å²) in [6.07, 6.45) is 1.15. The van der Waals surface area contributed by atoms with E-state index in [9.17, 15) is 14.9 Å². The number of hydrogen-bond acceptors (Lipinski definition) is 5. The van der Waals surface area contributed by atoms with Crippen LogP contribution in [0.15, 0.2) is 72.8 Å². The Balaban J connectivity index is 1.40. The van der Waals surface area contributed by atoms with Crippen molar-refractivity contribution in [1.82, 2.24) is 4.90 Å². The van der Waals surface area contributed by atoms with Gasteiger partial charge in [0, 0.05) is 48.2 Å². The summed E-state index contributed by atoms with van der Waals surface area (Å²) in [5.41, 5.74) is 4.02. The molecule has 1 aliphatic heterocycles. The molecule has 164 valence electrons. The van der Waals surface area contributed by atoms with Crippen LogP contribution in [0, 0.1) is 10.1 Å². The van der Waals surface area contributed by atoms with Gasteiger partial charge in [0.05, 0.1) is 4.92 Å². The summed E-state index contributed by atoms with van der Waals surface area (Å²) in [7, 11) is 4.23. The fourth-order valence-corrected chi connectivity index (χ4v) is 3.97. The summed E-state index contributed by atoms with van der Waals surface area (Å²) >= 11 is 0. The molecule has 3 aromatic rings. The molecule has 3 aromatic carbocycles. The molecule has 1 atom stereocenters. The van der Waals surface area contributed by atoms with Crippen molar-refractivity contribution < 1.29 is 9.72 Å².